The molecule has 0 aromatic carbocycles. The van der Waals surface area contributed by atoms with E-state index in [1.165, 1.54) is 109 Å². The maximum absolute atomic E-state index is 12.2. The fourth-order valence-electron chi connectivity index (χ4n) is 5.13. The van der Waals surface area contributed by atoms with Gasteiger partial charge in [-0.15, -0.1) is 0 Å². The van der Waals surface area contributed by atoms with E-state index in [0.29, 0.717) is 13.2 Å². The molecule has 0 radical (unpaired) electrons. The summed E-state index contributed by atoms with van der Waals surface area (Å²) in [6.07, 6.45) is 22.9. The Bertz CT molecular complexity index is 562. The maximum atomic E-state index is 12.2. The Morgan fingerprint density at radius 2 is 1.35 bits per heavy atom. The van der Waals surface area contributed by atoms with Gasteiger partial charge in [-0.25, -0.2) is 0 Å². The Kier molecular flexibility index (Phi) is 22.1. The maximum Gasteiger partial charge on any atom is 0.268 e. The predicted molar refractivity (Wildman–Crippen MR) is 157 cm³/mol. The molecule has 2 unspecified atom stereocenters. The zero-order chi connectivity index (χ0) is 27.1. The Morgan fingerprint density at radius 3 is 1.89 bits per heavy atom. The number of hydrogen-bond acceptors (Lipinski definition) is 6. The van der Waals surface area contributed by atoms with Crippen LogP contribution in [0.5, 0.6) is 0 Å². The van der Waals surface area contributed by atoms with Gasteiger partial charge in [0.25, 0.3) is 7.82 Å². The van der Waals surface area contributed by atoms with E-state index in [1.54, 1.807) is 7.11 Å². The number of thioether (sulfide) groups is 1. The molecule has 0 aliphatic carbocycles. The molecule has 1 aliphatic heterocycles. The molecule has 6 nitrogen and oxygen atoms in total. The van der Waals surface area contributed by atoms with Gasteiger partial charge in [-0.2, -0.15) is 11.8 Å². The average Bonchev–Trinajstić information content (AvgIpc) is 2.87. The second kappa shape index (κ2) is 23.1. The van der Waals surface area contributed by atoms with Crippen LogP contribution in [0.25, 0.3) is 0 Å². The lowest BCUT2D eigenvalue weighted by Gasteiger charge is -2.38. The number of unbranched alkanes of at least 4 members (excludes halogenated alkanes) is 13. The van der Waals surface area contributed by atoms with E-state index in [1.807, 2.05) is 11.8 Å². The summed E-state index contributed by atoms with van der Waals surface area (Å²) in [5.74, 6) is 2.01. The summed E-state index contributed by atoms with van der Waals surface area (Å²) in [6, 6.07) is 0. The molecule has 37 heavy (non-hydrogen) atoms. The normalized spacial score (nSPS) is 18.1. The molecule has 0 amide bonds. The highest BCUT2D eigenvalue weighted by atomic mass is 32.2. The van der Waals surface area contributed by atoms with Crippen LogP contribution in [0, 0.1) is 5.92 Å². The third-order valence-electron chi connectivity index (χ3n) is 7.64. The van der Waals surface area contributed by atoms with Crippen LogP contribution < -0.4 is 4.89 Å². The van der Waals surface area contributed by atoms with Crippen LogP contribution in [0.15, 0.2) is 0 Å². The van der Waals surface area contributed by atoms with E-state index in [9.17, 15) is 9.46 Å². The van der Waals surface area contributed by atoms with Gasteiger partial charge in [0.1, 0.15) is 13.2 Å². The quantitative estimate of drug-likeness (QED) is 0.0611. The first-order valence-corrected chi connectivity index (χ1v) is 18.0. The van der Waals surface area contributed by atoms with Crippen LogP contribution in [0.2, 0.25) is 0 Å². The number of likely N-dealkylation sites (tertiary alicyclic amines) is 1. The molecule has 222 valence electrons. The minimum Gasteiger partial charge on any atom is -0.756 e. The molecule has 0 aromatic heterocycles. The summed E-state index contributed by atoms with van der Waals surface area (Å²) >= 11 is 1.88. The van der Waals surface area contributed by atoms with E-state index in [2.05, 4.69) is 14.0 Å². The molecule has 8 heteroatoms. The molecule has 1 rings (SSSR count). The van der Waals surface area contributed by atoms with Crippen molar-refractivity contribution in [2.45, 2.75) is 116 Å². The summed E-state index contributed by atoms with van der Waals surface area (Å²) < 4.78 is 28.8. The van der Waals surface area contributed by atoms with Gasteiger partial charge in [-0.05, 0) is 31.4 Å². The highest BCUT2D eigenvalue weighted by Gasteiger charge is 2.25. The van der Waals surface area contributed by atoms with Crippen molar-refractivity contribution in [3.05, 3.63) is 0 Å². The predicted octanol–water partition coefficient (Wildman–Crippen LogP) is 7.60. The molecule has 1 saturated heterocycles. The van der Waals surface area contributed by atoms with Crippen LogP contribution in [0.3, 0.4) is 0 Å². The molecule has 0 spiro atoms. The SMILES string of the molecule is CCCCCCCCCCCCCCCCSCC(COC)COP(=O)([O-])OCC[N+]1(C)CCCCC1. The Hall–Kier alpha value is 0.380. The largest absolute Gasteiger partial charge is 0.756 e. The topological polar surface area (TPSA) is 67.8 Å². The second-order valence-electron chi connectivity index (χ2n) is 11.4. The number of quaternary nitrogens is 1. The zero-order valence-corrected chi connectivity index (χ0v) is 26.3. The number of ether oxygens (including phenoxy) is 1. The van der Waals surface area contributed by atoms with Crippen molar-refractivity contribution in [3.63, 3.8) is 0 Å². The third-order valence-corrected chi connectivity index (χ3v) is 9.89. The number of nitrogens with zero attached hydrogens (tertiary/aromatic N) is 1. The fraction of sp³-hybridized carbons (Fsp3) is 1.00. The molecule has 0 aromatic rings. The van der Waals surface area contributed by atoms with E-state index in [-0.39, 0.29) is 19.1 Å². The van der Waals surface area contributed by atoms with Crippen LogP contribution in [0.4, 0.5) is 0 Å². The molecule has 0 bridgehead atoms. The molecular weight excluding hydrogens is 505 g/mol. The standard InChI is InChI=1S/C29H60NO5PS/c1-4-5-6-7-8-9-10-11-12-13-14-15-16-20-25-37-28-29(26-33-3)27-35-36(31,32)34-24-23-30(2)21-18-17-19-22-30/h29H,4-28H2,1-3H3. The van der Waals surface area contributed by atoms with Crippen LogP contribution in [0.1, 0.15) is 116 Å². The van der Waals surface area contributed by atoms with Crippen molar-refractivity contribution >= 4 is 19.6 Å². The lowest BCUT2D eigenvalue weighted by atomic mass is 10.0. The van der Waals surface area contributed by atoms with Crippen LogP contribution in [-0.2, 0) is 18.3 Å². The van der Waals surface area contributed by atoms with Crippen molar-refractivity contribution in [1.82, 2.24) is 0 Å². The first-order valence-electron chi connectivity index (χ1n) is 15.4. The Morgan fingerprint density at radius 1 is 0.811 bits per heavy atom. The van der Waals surface area contributed by atoms with Crippen LogP contribution in [-0.4, -0.2) is 69.6 Å². The number of rotatable bonds is 26. The molecule has 1 aliphatic rings. The van der Waals surface area contributed by atoms with Gasteiger partial charge in [-0.3, -0.25) is 4.57 Å². The summed E-state index contributed by atoms with van der Waals surface area (Å²) in [6.45, 7) is 6.01. The van der Waals surface area contributed by atoms with E-state index in [4.69, 9.17) is 13.8 Å². The second-order valence-corrected chi connectivity index (χ2v) is 14.0. The first kappa shape index (κ1) is 35.4. The zero-order valence-electron chi connectivity index (χ0n) is 24.6. The average molecular weight is 566 g/mol. The molecule has 1 fully saturated rings. The lowest BCUT2D eigenvalue weighted by molar-refractivity contribution is -0.914. The fourth-order valence-corrected chi connectivity index (χ4v) is 7.01. The number of phosphoric acid groups is 1. The molecule has 1 heterocycles. The van der Waals surface area contributed by atoms with Gasteiger partial charge in [0.2, 0.25) is 0 Å². The van der Waals surface area contributed by atoms with Gasteiger partial charge in [0, 0.05) is 18.8 Å². The van der Waals surface area contributed by atoms with E-state index >= 15 is 0 Å². The monoisotopic (exact) mass is 565 g/mol. The lowest BCUT2D eigenvalue weighted by Crippen LogP contribution is -2.49. The van der Waals surface area contributed by atoms with E-state index < -0.39 is 7.82 Å². The van der Waals surface area contributed by atoms with Gasteiger partial charge < -0.3 is 23.2 Å². The summed E-state index contributed by atoms with van der Waals surface area (Å²) in [4.78, 5) is 12.2. The van der Waals surface area contributed by atoms with Crippen molar-refractivity contribution < 1.29 is 27.7 Å². The van der Waals surface area contributed by atoms with Crippen LogP contribution >= 0.6 is 19.6 Å². The molecule has 2 atom stereocenters. The number of likely N-dealkylation sites (N-methyl/N-ethyl adjacent to an activating group) is 1. The number of phosphoric ester groups is 1. The van der Waals surface area contributed by atoms with Crippen molar-refractivity contribution in [3.8, 4) is 0 Å². The highest BCUT2D eigenvalue weighted by molar-refractivity contribution is 7.99. The number of hydrogen-bond donors (Lipinski definition) is 0. The molecule has 0 saturated carbocycles. The minimum atomic E-state index is -4.27. The molecular formula is C29H60NO5PS. The first-order chi connectivity index (χ1) is 17.9. The summed E-state index contributed by atoms with van der Waals surface area (Å²) in [5.41, 5.74) is 0. The minimum absolute atomic E-state index is 0.0548. The third kappa shape index (κ3) is 20.9. The van der Waals surface area contributed by atoms with Crippen molar-refractivity contribution in [2.24, 2.45) is 5.92 Å². The molecule has 0 N–H and O–H groups in total. The van der Waals surface area contributed by atoms with Gasteiger partial charge in [0.05, 0.1) is 33.4 Å². The van der Waals surface area contributed by atoms with Gasteiger partial charge in [-0.1, -0.05) is 90.4 Å². The Labute approximate surface area is 234 Å². The van der Waals surface area contributed by atoms with Crippen molar-refractivity contribution in [1.29, 1.82) is 0 Å². The smallest absolute Gasteiger partial charge is 0.268 e. The Balaban J connectivity index is 1.99. The van der Waals surface area contributed by atoms with Crippen molar-refractivity contribution in [2.75, 3.05) is 65.1 Å². The highest BCUT2D eigenvalue weighted by Crippen LogP contribution is 2.39. The summed E-state index contributed by atoms with van der Waals surface area (Å²) in [5, 5.41) is 0. The summed E-state index contributed by atoms with van der Waals surface area (Å²) in [7, 11) is -0.431. The van der Waals surface area contributed by atoms with Gasteiger partial charge in [0.15, 0.2) is 0 Å². The van der Waals surface area contributed by atoms with Gasteiger partial charge >= 0.3 is 0 Å². The number of piperidine rings is 1. The number of methoxy groups -OCH3 is 1. The van der Waals surface area contributed by atoms with E-state index in [0.717, 1.165) is 29.1 Å².